The lowest BCUT2D eigenvalue weighted by Crippen LogP contribution is -2.03. The van der Waals surface area contributed by atoms with Crippen molar-refractivity contribution in [1.29, 1.82) is 0 Å². The minimum Gasteiger partial charge on any atom is -0.388 e. The van der Waals surface area contributed by atoms with E-state index in [-0.39, 0.29) is 12.2 Å². The van der Waals surface area contributed by atoms with E-state index in [1.807, 2.05) is 0 Å². The molecule has 2 aromatic carbocycles. The molecule has 2 rings (SSSR count). The van der Waals surface area contributed by atoms with Crippen molar-refractivity contribution in [2.75, 3.05) is 0 Å². The van der Waals surface area contributed by atoms with Crippen molar-refractivity contribution < 1.29 is 9.50 Å². The smallest absolute Gasteiger partial charge is 0.123 e. The van der Waals surface area contributed by atoms with E-state index < -0.39 is 6.10 Å². The fourth-order valence-electron chi connectivity index (χ4n) is 1.75. The van der Waals surface area contributed by atoms with Gasteiger partial charge >= 0.3 is 0 Å². The second-order valence-corrected chi connectivity index (χ2v) is 5.80. The van der Waals surface area contributed by atoms with Crippen LogP contribution < -0.4 is 0 Å². The van der Waals surface area contributed by atoms with Crippen molar-refractivity contribution in [2.24, 2.45) is 0 Å². The molecule has 5 heteroatoms. The molecule has 0 bridgehead atoms. The van der Waals surface area contributed by atoms with Crippen LogP contribution in [0.15, 0.2) is 40.9 Å². The number of halogens is 4. The molecule has 2 aromatic rings. The summed E-state index contributed by atoms with van der Waals surface area (Å²) in [5.41, 5.74) is 1.34. The summed E-state index contributed by atoms with van der Waals surface area (Å²) in [7, 11) is 0. The van der Waals surface area contributed by atoms with Crippen molar-refractivity contribution in [1.82, 2.24) is 0 Å². The Kier molecular flexibility index (Phi) is 4.85. The van der Waals surface area contributed by atoms with Gasteiger partial charge in [0.1, 0.15) is 5.82 Å². The maximum Gasteiger partial charge on any atom is 0.123 e. The van der Waals surface area contributed by atoms with Gasteiger partial charge in [0.05, 0.1) is 16.1 Å². The van der Waals surface area contributed by atoms with E-state index in [9.17, 15) is 9.50 Å². The lowest BCUT2D eigenvalue weighted by atomic mass is 10.0. The van der Waals surface area contributed by atoms with Crippen molar-refractivity contribution in [3.05, 3.63) is 67.9 Å². The molecule has 0 fully saturated rings. The highest BCUT2D eigenvalue weighted by Crippen LogP contribution is 2.29. The highest BCUT2D eigenvalue weighted by Gasteiger charge is 2.13. The average Bonchev–Trinajstić information content (AvgIpc) is 2.37. The molecule has 0 spiro atoms. The zero-order valence-corrected chi connectivity index (χ0v) is 12.8. The lowest BCUT2D eigenvalue weighted by Gasteiger charge is -2.13. The largest absolute Gasteiger partial charge is 0.388 e. The van der Waals surface area contributed by atoms with E-state index in [0.717, 1.165) is 4.47 Å². The van der Waals surface area contributed by atoms with Crippen LogP contribution in [0.4, 0.5) is 4.39 Å². The number of aliphatic hydroxyl groups is 1. The van der Waals surface area contributed by atoms with Gasteiger partial charge in [-0.2, -0.15) is 0 Å². The number of benzene rings is 2. The molecule has 0 aliphatic carbocycles. The molecule has 100 valence electrons. The van der Waals surface area contributed by atoms with E-state index in [2.05, 4.69) is 15.9 Å². The highest BCUT2D eigenvalue weighted by molar-refractivity contribution is 9.10. The van der Waals surface area contributed by atoms with Crippen LogP contribution in [-0.2, 0) is 6.42 Å². The summed E-state index contributed by atoms with van der Waals surface area (Å²) in [5.74, 6) is -0.334. The van der Waals surface area contributed by atoms with Crippen LogP contribution in [0, 0.1) is 5.82 Å². The molecule has 19 heavy (non-hydrogen) atoms. The van der Waals surface area contributed by atoms with E-state index in [4.69, 9.17) is 23.2 Å². The third-order valence-corrected chi connectivity index (χ3v) is 4.26. The van der Waals surface area contributed by atoms with Gasteiger partial charge in [-0.3, -0.25) is 0 Å². The van der Waals surface area contributed by atoms with Crippen molar-refractivity contribution in [2.45, 2.75) is 12.5 Å². The quantitative estimate of drug-likeness (QED) is 0.797. The van der Waals surface area contributed by atoms with Crippen molar-refractivity contribution in [3.8, 4) is 0 Å². The van der Waals surface area contributed by atoms with Gasteiger partial charge in [-0.15, -0.1) is 0 Å². The predicted molar refractivity (Wildman–Crippen MR) is 79.2 cm³/mol. The Morgan fingerprint density at radius 2 is 1.84 bits per heavy atom. The summed E-state index contributed by atoms with van der Waals surface area (Å²) in [6.45, 7) is 0. The number of hydrogen-bond acceptors (Lipinski definition) is 1. The average molecular weight is 364 g/mol. The molecule has 0 aliphatic heterocycles. The van der Waals surface area contributed by atoms with Crippen LogP contribution in [-0.4, -0.2) is 5.11 Å². The lowest BCUT2D eigenvalue weighted by molar-refractivity contribution is 0.178. The SMILES string of the molecule is OC(Cc1cc(F)ccc1Br)c1ccc(Cl)c(Cl)c1. The number of aliphatic hydroxyl groups excluding tert-OH is 1. The molecule has 0 saturated heterocycles. The predicted octanol–water partition coefficient (Wildman–Crippen LogP) is 5.17. The van der Waals surface area contributed by atoms with Gasteiger partial charge in [0.15, 0.2) is 0 Å². The summed E-state index contributed by atoms with van der Waals surface area (Å²) in [6.07, 6.45) is -0.482. The van der Waals surface area contributed by atoms with Crippen molar-refractivity contribution in [3.63, 3.8) is 0 Å². The second kappa shape index (κ2) is 6.23. The van der Waals surface area contributed by atoms with E-state index in [1.165, 1.54) is 12.1 Å². The Morgan fingerprint density at radius 1 is 1.11 bits per heavy atom. The van der Waals surface area contributed by atoms with Crippen LogP contribution in [0.5, 0.6) is 0 Å². The Balaban J connectivity index is 2.22. The first-order chi connectivity index (χ1) is 8.97. The van der Waals surface area contributed by atoms with E-state index in [0.29, 0.717) is 21.2 Å². The Labute approximate surface area is 129 Å². The summed E-state index contributed by atoms with van der Waals surface area (Å²) in [6, 6.07) is 9.31. The number of hydrogen-bond donors (Lipinski definition) is 1. The Hall–Kier alpha value is -0.610. The molecular weight excluding hydrogens is 354 g/mol. The maximum atomic E-state index is 13.2. The molecule has 1 N–H and O–H groups in total. The van der Waals surface area contributed by atoms with E-state index >= 15 is 0 Å². The van der Waals surface area contributed by atoms with E-state index in [1.54, 1.807) is 24.3 Å². The highest BCUT2D eigenvalue weighted by atomic mass is 79.9. The normalized spacial score (nSPS) is 12.5. The third kappa shape index (κ3) is 3.69. The van der Waals surface area contributed by atoms with Crippen LogP contribution >= 0.6 is 39.1 Å². The Bertz CT molecular complexity index is 604. The minimum atomic E-state index is -0.770. The summed E-state index contributed by atoms with van der Waals surface area (Å²) >= 11 is 15.1. The maximum absolute atomic E-state index is 13.2. The van der Waals surface area contributed by atoms with Gasteiger partial charge in [-0.25, -0.2) is 4.39 Å². The molecule has 1 unspecified atom stereocenters. The fourth-order valence-corrected chi connectivity index (χ4v) is 2.46. The van der Waals surface area contributed by atoms with Gasteiger partial charge in [-0.1, -0.05) is 45.2 Å². The van der Waals surface area contributed by atoms with Crippen LogP contribution in [0.3, 0.4) is 0 Å². The number of rotatable bonds is 3. The fraction of sp³-hybridized carbons (Fsp3) is 0.143. The van der Waals surface area contributed by atoms with Gasteiger partial charge in [0, 0.05) is 10.9 Å². The van der Waals surface area contributed by atoms with Crippen LogP contribution in [0.25, 0.3) is 0 Å². The summed E-state index contributed by atoms with van der Waals surface area (Å²) < 4.78 is 13.9. The minimum absolute atomic E-state index is 0.288. The first-order valence-corrected chi connectivity index (χ1v) is 7.09. The molecule has 0 heterocycles. The molecular formula is C14H10BrCl2FO. The van der Waals surface area contributed by atoms with Gasteiger partial charge in [0.2, 0.25) is 0 Å². The van der Waals surface area contributed by atoms with Crippen LogP contribution in [0.2, 0.25) is 10.0 Å². The molecule has 0 radical (unpaired) electrons. The van der Waals surface area contributed by atoms with Crippen molar-refractivity contribution >= 4 is 39.1 Å². The molecule has 0 saturated carbocycles. The van der Waals surface area contributed by atoms with Gasteiger partial charge < -0.3 is 5.11 Å². The molecule has 0 aliphatic rings. The summed E-state index contributed by atoms with van der Waals surface area (Å²) in [4.78, 5) is 0. The molecule has 0 aromatic heterocycles. The zero-order chi connectivity index (χ0) is 14.0. The van der Waals surface area contributed by atoms with Crippen LogP contribution in [0.1, 0.15) is 17.2 Å². The summed E-state index contributed by atoms with van der Waals surface area (Å²) in [5, 5.41) is 11.0. The molecule has 1 atom stereocenters. The monoisotopic (exact) mass is 362 g/mol. The van der Waals surface area contributed by atoms with Gasteiger partial charge in [-0.05, 0) is 41.5 Å². The Morgan fingerprint density at radius 3 is 2.53 bits per heavy atom. The molecule has 0 amide bonds. The third-order valence-electron chi connectivity index (χ3n) is 2.75. The first kappa shape index (κ1) is 14.8. The zero-order valence-electron chi connectivity index (χ0n) is 9.71. The topological polar surface area (TPSA) is 20.2 Å². The first-order valence-electron chi connectivity index (χ1n) is 5.54. The standard InChI is InChI=1S/C14H10BrCl2FO/c15-11-3-2-10(18)5-9(11)7-14(19)8-1-4-12(16)13(17)6-8/h1-6,14,19H,7H2. The van der Waals surface area contributed by atoms with Gasteiger partial charge in [0.25, 0.3) is 0 Å². The second-order valence-electron chi connectivity index (χ2n) is 4.13. The molecule has 1 nitrogen and oxygen atoms in total.